The van der Waals surface area contributed by atoms with E-state index in [1.807, 2.05) is 6.07 Å². The zero-order valence-corrected chi connectivity index (χ0v) is 23.1. The first-order valence-electron chi connectivity index (χ1n) is 12.9. The van der Waals surface area contributed by atoms with Crippen molar-refractivity contribution in [3.63, 3.8) is 0 Å². The molecule has 0 amide bonds. The molecule has 0 radical (unpaired) electrons. The molecule has 3 fully saturated rings. The molecule has 3 saturated heterocycles. The average molecular weight is 554 g/mol. The van der Waals surface area contributed by atoms with Crippen molar-refractivity contribution < 1.29 is 4.39 Å². The molecule has 2 aromatic carbocycles. The lowest BCUT2D eigenvalue weighted by Gasteiger charge is -2.44. The Bertz CT molecular complexity index is 1160. The summed E-state index contributed by atoms with van der Waals surface area (Å²) in [5.74, 6) is 0.917. The largest absolute Gasteiger partial charge is 0.325 e. The Morgan fingerprint density at radius 1 is 1.03 bits per heavy atom. The van der Waals surface area contributed by atoms with Gasteiger partial charge < -0.3 is 9.88 Å². The minimum absolute atomic E-state index is 0. The third-order valence-electron chi connectivity index (χ3n) is 8.88. The summed E-state index contributed by atoms with van der Waals surface area (Å²) < 4.78 is 16.8. The lowest BCUT2D eigenvalue weighted by molar-refractivity contribution is 0.0928. The van der Waals surface area contributed by atoms with E-state index in [0.717, 1.165) is 55.8 Å². The number of piperidine rings is 2. The van der Waals surface area contributed by atoms with Crippen LogP contribution in [-0.2, 0) is 5.41 Å². The molecule has 3 aliphatic rings. The van der Waals surface area contributed by atoms with Crippen molar-refractivity contribution in [2.75, 3.05) is 19.6 Å². The van der Waals surface area contributed by atoms with E-state index < -0.39 is 0 Å². The van der Waals surface area contributed by atoms with Crippen LogP contribution in [0.1, 0.15) is 62.4 Å². The number of rotatable bonds is 5. The molecule has 1 unspecified atom stereocenters. The van der Waals surface area contributed by atoms with E-state index in [4.69, 9.17) is 16.6 Å². The van der Waals surface area contributed by atoms with Crippen LogP contribution in [0.3, 0.4) is 0 Å². The second-order valence-corrected chi connectivity index (χ2v) is 11.1. The van der Waals surface area contributed by atoms with Gasteiger partial charge in [0.05, 0.1) is 11.0 Å². The minimum atomic E-state index is -0.218. The molecule has 3 aliphatic heterocycles. The highest BCUT2D eigenvalue weighted by Crippen LogP contribution is 2.44. The van der Waals surface area contributed by atoms with Gasteiger partial charge in [0.25, 0.3) is 0 Å². The molecule has 36 heavy (non-hydrogen) atoms. The number of benzene rings is 2. The second-order valence-electron chi connectivity index (χ2n) is 10.7. The number of nitrogens with zero attached hydrogens (tertiary/aromatic N) is 3. The van der Waals surface area contributed by atoms with Gasteiger partial charge in [-0.3, -0.25) is 4.90 Å². The summed E-state index contributed by atoms with van der Waals surface area (Å²) in [7, 11) is 0. The monoisotopic (exact) mass is 552 g/mol. The lowest BCUT2D eigenvalue weighted by Crippen LogP contribution is -2.47. The van der Waals surface area contributed by atoms with Crippen LogP contribution < -0.4 is 5.32 Å². The van der Waals surface area contributed by atoms with Gasteiger partial charge in [-0.2, -0.15) is 0 Å². The van der Waals surface area contributed by atoms with Gasteiger partial charge in [-0.1, -0.05) is 23.7 Å². The van der Waals surface area contributed by atoms with E-state index in [1.54, 1.807) is 6.07 Å². The van der Waals surface area contributed by atoms with E-state index in [1.165, 1.54) is 37.3 Å². The zero-order valence-electron chi connectivity index (χ0n) is 20.8. The van der Waals surface area contributed by atoms with Gasteiger partial charge in [-0.15, -0.1) is 24.8 Å². The number of hydrogen-bond acceptors (Lipinski definition) is 3. The predicted molar refractivity (Wildman–Crippen MR) is 151 cm³/mol. The maximum absolute atomic E-state index is 14.3. The third kappa shape index (κ3) is 5.02. The van der Waals surface area contributed by atoms with Crippen LogP contribution >= 0.6 is 36.4 Å². The maximum atomic E-state index is 14.3. The molecule has 0 aliphatic carbocycles. The Morgan fingerprint density at radius 3 is 2.42 bits per heavy atom. The number of imidazole rings is 1. The first-order chi connectivity index (χ1) is 16.5. The van der Waals surface area contributed by atoms with Gasteiger partial charge in [0.15, 0.2) is 0 Å². The standard InChI is InChI=1S/C28H34ClFN4.2ClH/c1-19-32-26-4-2-3-5-27(26)34(19)25-17-23-6-7-24(18-25)33(23)13-10-28(8-11-31-12-9-28)20-14-21(29)16-22(30)15-20;;/h2-5,14-16,23-25,31H,6-13,17-18H2,1H3;2*1H/t23-,24+,25?;;. The van der Waals surface area contributed by atoms with Gasteiger partial charge in [0.2, 0.25) is 0 Å². The topological polar surface area (TPSA) is 33.1 Å². The number of fused-ring (bicyclic) bond motifs is 3. The highest BCUT2D eigenvalue weighted by Gasteiger charge is 2.43. The van der Waals surface area contributed by atoms with Crippen molar-refractivity contribution in [1.82, 2.24) is 19.8 Å². The van der Waals surface area contributed by atoms with Crippen molar-refractivity contribution in [3.8, 4) is 0 Å². The van der Waals surface area contributed by atoms with Crippen molar-refractivity contribution in [2.24, 2.45) is 0 Å². The molecule has 196 valence electrons. The summed E-state index contributed by atoms with van der Waals surface area (Å²) in [6, 6.07) is 15.5. The molecule has 0 spiro atoms. The van der Waals surface area contributed by atoms with Gasteiger partial charge in [0.1, 0.15) is 11.6 Å². The Balaban J connectivity index is 0.00000152. The van der Waals surface area contributed by atoms with Crippen LogP contribution in [0.2, 0.25) is 5.02 Å². The molecule has 1 aromatic heterocycles. The lowest BCUT2D eigenvalue weighted by atomic mass is 9.70. The maximum Gasteiger partial charge on any atom is 0.124 e. The number of nitrogens with one attached hydrogen (secondary N) is 1. The molecule has 3 aromatic rings. The molecule has 6 rings (SSSR count). The molecule has 4 nitrogen and oxygen atoms in total. The fourth-order valence-electron chi connectivity index (χ4n) is 7.24. The number of aromatic nitrogens is 2. The fraction of sp³-hybridized carbons (Fsp3) is 0.536. The van der Waals surface area contributed by atoms with E-state index in [2.05, 4.69) is 46.0 Å². The summed E-state index contributed by atoms with van der Waals surface area (Å²) in [5.41, 5.74) is 3.47. The Kier molecular flexibility index (Phi) is 8.58. The minimum Gasteiger partial charge on any atom is -0.325 e. The first-order valence-corrected chi connectivity index (χ1v) is 13.3. The van der Waals surface area contributed by atoms with Gasteiger partial charge in [-0.25, -0.2) is 9.37 Å². The van der Waals surface area contributed by atoms with E-state index in [0.29, 0.717) is 23.1 Å². The van der Waals surface area contributed by atoms with Gasteiger partial charge in [0, 0.05) is 23.1 Å². The Labute approximate surface area is 230 Å². The molecule has 8 heteroatoms. The summed E-state index contributed by atoms with van der Waals surface area (Å²) in [6.07, 6.45) is 8.10. The van der Waals surface area contributed by atoms with E-state index in [9.17, 15) is 4.39 Å². The number of aryl methyl sites for hydroxylation is 1. The molecular weight excluding hydrogens is 518 g/mol. The van der Waals surface area contributed by atoms with Crippen LogP contribution in [0.5, 0.6) is 0 Å². The number of hydrogen-bond donors (Lipinski definition) is 1. The smallest absolute Gasteiger partial charge is 0.124 e. The molecule has 2 bridgehead atoms. The van der Waals surface area contributed by atoms with Crippen LogP contribution in [0.4, 0.5) is 4.39 Å². The SMILES string of the molecule is Cc1nc2ccccc2n1C1C[C@H]2CC[C@@H](C1)N2CCC1(c2cc(F)cc(Cl)c2)CCNCC1.Cl.Cl. The van der Waals surface area contributed by atoms with Crippen molar-refractivity contribution in [2.45, 2.75) is 75.4 Å². The quantitative estimate of drug-likeness (QED) is 0.375. The first kappa shape index (κ1) is 27.7. The molecule has 4 heterocycles. The third-order valence-corrected chi connectivity index (χ3v) is 9.10. The Morgan fingerprint density at radius 2 is 1.72 bits per heavy atom. The Hall–Kier alpha value is -1.37. The second kappa shape index (κ2) is 11.2. The zero-order chi connectivity index (χ0) is 23.3. The van der Waals surface area contributed by atoms with Gasteiger partial charge >= 0.3 is 0 Å². The molecule has 3 atom stereocenters. The summed E-state index contributed by atoms with van der Waals surface area (Å²) in [5, 5.41) is 4.01. The van der Waals surface area contributed by atoms with E-state index >= 15 is 0 Å². The summed E-state index contributed by atoms with van der Waals surface area (Å²) in [4.78, 5) is 7.62. The van der Waals surface area contributed by atoms with Crippen LogP contribution in [0.15, 0.2) is 42.5 Å². The average Bonchev–Trinajstić information content (AvgIpc) is 3.28. The molecule has 0 saturated carbocycles. The molecule has 1 N–H and O–H groups in total. The van der Waals surface area contributed by atoms with Crippen molar-refractivity contribution in [1.29, 1.82) is 0 Å². The normalized spacial score (nSPS) is 25.4. The van der Waals surface area contributed by atoms with Crippen molar-refractivity contribution in [3.05, 3.63) is 64.7 Å². The van der Waals surface area contributed by atoms with Crippen LogP contribution in [-0.4, -0.2) is 46.2 Å². The van der Waals surface area contributed by atoms with Gasteiger partial charge in [-0.05, 0) is 113 Å². The van der Waals surface area contributed by atoms with E-state index in [-0.39, 0.29) is 36.0 Å². The van der Waals surface area contributed by atoms with Crippen LogP contribution in [0.25, 0.3) is 11.0 Å². The number of halogens is 4. The van der Waals surface area contributed by atoms with Crippen LogP contribution in [0, 0.1) is 12.7 Å². The summed E-state index contributed by atoms with van der Waals surface area (Å²) >= 11 is 6.28. The van der Waals surface area contributed by atoms with Crippen molar-refractivity contribution >= 4 is 47.4 Å². The number of para-hydroxylation sites is 2. The fourth-order valence-corrected chi connectivity index (χ4v) is 7.46. The highest BCUT2D eigenvalue weighted by molar-refractivity contribution is 6.30. The predicted octanol–water partition coefficient (Wildman–Crippen LogP) is 6.86. The molecular formula is C28H36Cl3FN4. The highest BCUT2D eigenvalue weighted by atomic mass is 35.5. The summed E-state index contributed by atoms with van der Waals surface area (Å²) in [6.45, 7) is 5.20.